The van der Waals surface area contributed by atoms with Crippen molar-refractivity contribution in [1.29, 1.82) is 0 Å². The molecule has 3 N–H and O–H groups in total. The number of carbonyl (C=O) groups excluding carboxylic acids is 1. The lowest BCUT2D eigenvalue weighted by molar-refractivity contribution is -0.132. The van der Waals surface area contributed by atoms with Crippen molar-refractivity contribution in [2.24, 2.45) is 5.73 Å². The molecule has 15 heavy (non-hydrogen) atoms. The summed E-state index contributed by atoms with van der Waals surface area (Å²) >= 11 is 0. The van der Waals surface area contributed by atoms with Crippen LogP contribution in [0.1, 0.15) is 20.8 Å². The average molecular weight is 218 g/mol. The first-order chi connectivity index (χ1) is 6.87. The molecule has 0 spiro atoms. The summed E-state index contributed by atoms with van der Waals surface area (Å²) in [5.41, 5.74) is 5.31. The van der Waals surface area contributed by atoms with Crippen molar-refractivity contribution in [2.45, 2.75) is 32.4 Å². The van der Waals surface area contributed by atoms with Crippen molar-refractivity contribution in [3.05, 3.63) is 0 Å². The van der Waals surface area contributed by atoms with Crippen molar-refractivity contribution in [1.82, 2.24) is 5.32 Å². The quantitative estimate of drug-likeness (QED) is 0.585. The zero-order chi connectivity index (χ0) is 11.9. The summed E-state index contributed by atoms with van der Waals surface area (Å²) in [6.45, 7) is 6.75. The van der Waals surface area contributed by atoms with Crippen molar-refractivity contribution in [3.63, 3.8) is 0 Å². The molecule has 0 rings (SSSR count). The van der Waals surface area contributed by atoms with Crippen molar-refractivity contribution < 1.29 is 14.3 Å². The van der Waals surface area contributed by atoms with Crippen LogP contribution < -0.4 is 11.1 Å². The monoisotopic (exact) mass is 218 g/mol. The molecule has 0 aromatic carbocycles. The molecule has 0 aliphatic rings. The molecule has 5 heteroatoms. The van der Waals surface area contributed by atoms with E-state index in [9.17, 15) is 4.79 Å². The van der Waals surface area contributed by atoms with Gasteiger partial charge in [0.05, 0.1) is 13.2 Å². The van der Waals surface area contributed by atoms with E-state index in [1.54, 1.807) is 14.0 Å². The van der Waals surface area contributed by atoms with Crippen LogP contribution in [0.25, 0.3) is 0 Å². The van der Waals surface area contributed by atoms with Gasteiger partial charge in [0.2, 0.25) is 5.91 Å². The Kier molecular flexibility index (Phi) is 6.47. The number of rotatable bonds is 7. The molecule has 90 valence electrons. The second-order valence-electron chi connectivity index (χ2n) is 4.23. The zero-order valence-electron chi connectivity index (χ0n) is 10.0. The molecule has 1 unspecified atom stereocenters. The van der Waals surface area contributed by atoms with Crippen molar-refractivity contribution >= 4 is 5.91 Å². The third-order valence-electron chi connectivity index (χ3n) is 1.68. The summed E-state index contributed by atoms with van der Waals surface area (Å²) in [5, 5.41) is 2.69. The Labute approximate surface area is 91.3 Å². The van der Waals surface area contributed by atoms with Crippen LogP contribution >= 0.6 is 0 Å². The van der Waals surface area contributed by atoms with E-state index in [1.807, 2.05) is 13.8 Å². The van der Waals surface area contributed by atoms with E-state index < -0.39 is 11.6 Å². The van der Waals surface area contributed by atoms with Crippen molar-refractivity contribution in [2.75, 3.05) is 26.9 Å². The van der Waals surface area contributed by atoms with Gasteiger partial charge in [-0.1, -0.05) is 0 Å². The van der Waals surface area contributed by atoms with Gasteiger partial charge in [0.25, 0.3) is 0 Å². The van der Waals surface area contributed by atoms with Crippen LogP contribution in [0.4, 0.5) is 0 Å². The molecule has 5 nitrogen and oxygen atoms in total. The van der Waals surface area contributed by atoms with Gasteiger partial charge in [-0.2, -0.15) is 0 Å². The molecule has 0 aromatic rings. The number of carbonyl (C=O) groups is 1. The molecule has 0 bridgehead atoms. The Bertz CT molecular complexity index is 190. The molecule has 0 saturated heterocycles. The lowest BCUT2D eigenvalue weighted by atomic mass is 10.1. The van der Waals surface area contributed by atoms with Crippen LogP contribution in [0.2, 0.25) is 0 Å². The molecule has 0 aliphatic heterocycles. The highest BCUT2D eigenvalue weighted by atomic mass is 16.5. The number of amides is 1. The molecule has 0 saturated carbocycles. The molecular weight excluding hydrogens is 196 g/mol. The summed E-state index contributed by atoms with van der Waals surface area (Å²) in [7, 11) is 1.59. The predicted octanol–water partition coefficient (Wildman–Crippen LogP) is -0.109. The maximum atomic E-state index is 11.4. The predicted molar refractivity (Wildman–Crippen MR) is 58.6 cm³/mol. The molecule has 0 aromatic heterocycles. The number of nitrogens with two attached hydrogens (primary N) is 1. The van der Waals surface area contributed by atoms with Gasteiger partial charge >= 0.3 is 0 Å². The molecule has 1 amide bonds. The first kappa shape index (κ1) is 14.3. The highest BCUT2D eigenvalue weighted by Gasteiger charge is 2.17. The first-order valence-electron chi connectivity index (χ1n) is 5.04. The number of hydrogen-bond donors (Lipinski definition) is 2. The van der Waals surface area contributed by atoms with Crippen LogP contribution in [-0.2, 0) is 14.3 Å². The average Bonchev–Trinajstić information content (AvgIpc) is 2.13. The van der Waals surface area contributed by atoms with Gasteiger partial charge in [-0.3, -0.25) is 4.79 Å². The van der Waals surface area contributed by atoms with Gasteiger partial charge in [-0.05, 0) is 20.8 Å². The number of nitrogens with one attached hydrogen (secondary N) is 1. The summed E-state index contributed by atoms with van der Waals surface area (Å²) in [6, 6.07) is 0. The lowest BCUT2D eigenvalue weighted by Gasteiger charge is -2.21. The van der Waals surface area contributed by atoms with Gasteiger partial charge in [0.1, 0.15) is 6.10 Å². The fourth-order valence-electron chi connectivity index (χ4n) is 0.835. The topological polar surface area (TPSA) is 73.6 Å². The van der Waals surface area contributed by atoms with Crippen LogP contribution in [0, 0.1) is 0 Å². The molecular formula is C10H22N2O3. The normalized spacial score (nSPS) is 13.7. The summed E-state index contributed by atoms with van der Waals surface area (Å²) < 4.78 is 10.1. The molecule has 0 radical (unpaired) electrons. The van der Waals surface area contributed by atoms with Gasteiger partial charge in [0.15, 0.2) is 0 Å². The summed E-state index contributed by atoms with van der Waals surface area (Å²) in [4.78, 5) is 11.4. The van der Waals surface area contributed by atoms with Gasteiger partial charge in [-0.25, -0.2) is 0 Å². The minimum atomic E-state index is -0.482. The minimum Gasteiger partial charge on any atom is -0.383 e. The maximum absolute atomic E-state index is 11.4. The maximum Gasteiger partial charge on any atom is 0.248 e. The smallest absolute Gasteiger partial charge is 0.248 e. The van der Waals surface area contributed by atoms with E-state index >= 15 is 0 Å². The van der Waals surface area contributed by atoms with E-state index in [0.717, 1.165) is 0 Å². The van der Waals surface area contributed by atoms with Gasteiger partial charge in [0, 0.05) is 19.2 Å². The lowest BCUT2D eigenvalue weighted by Crippen LogP contribution is -2.42. The Balaban J connectivity index is 3.70. The fraction of sp³-hybridized carbons (Fsp3) is 0.900. The summed E-state index contributed by atoms with van der Waals surface area (Å²) in [5.74, 6) is -0.142. The van der Waals surface area contributed by atoms with Crippen LogP contribution in [0.3, 0.4) is 0 Å². The largest absolute Gasteiger partial charge is 0.383 e. The van der Waals surface area contributed by atoms with E-state index in [4.69, 9.17) is 15.2 Å². The molecule has 1 atom stereocenters. The molecule has 0 aliphatic carbocycles. The SMILES string of the molecule is COCCNC(=O)C(C)OCC(C)(C)N. The third-order valence-corrected chi connectivity index (χ3v) is 1.68. The van der Waals surface area contributed by atoms with Crippen molar-refractivity contribution in [3.8, 4) is 0 Å². The van der Waals surface area contributed by atoms with E-state index in [-0.39, 0.29) is 5.91 Å². The standard InChI is InChI=1S/C10H22N2O3/c1-8(15-7-10(2,3)11)9(13)12-5-6-14-4/h8H,5-7,11H2,1-4H3,(H,12,13). The molecule has 0 fully saturated rings. The minimum absolute atomic E-state index is 0.142. The van der Waals surface area contributed by atoms with Crippen LogP contribution in [-0.4, -0.2) is 44.4 Å². The zero-order valence-corrected chi connectivity index (χ0v) is 10.0. The Morgan fingerprint density at radius 3 is 2.60 bits per heavy atom. The Morgan fingerprint density at radius 2 is 2.13 bits per heavy atom. The second kappa shape index (κ2) is 6.76. The highest BCUT2D eigenvalue weighted by Crippen LogP contribution is 2.00. The van der Waals surface area contributed by atoms with Gasteiger partial charge < -0.3 is 20.5 Å². The Morgan fingerprint density at radius 1 is 1.53 bits per heavy atom. The highest BCUT2D eigenvalue weighted by molar-refractivity contribution is 5.80. The van der Waals surface area contributed by atoms with Gasteiger partial charge in [-0.15, -0.1) is 0 Å². The Hall–Kier alpha value is -0.650. The van der Waals surface area contributed by atoms with Crippen LogP contribution in [0.5, 0.6) is 0 Å². The molecule has 0 heterocycles. The van der Waals surface area contributed by atoms with Crippen LogP contribution in [0.15, 0.2) is 0 Å². The first-order valence-corrected chi connectivity index (χ1v) is 5.04. The number of hydrogen-bond acceptors (Lipinski definition) is 4. The van der Waals surface area contributed by atoms with E-state index in [0.29, 0.717) is 19.8 Å². The summed E-state index contributed by atoms with van der Waals surface area (Å²) in [6.07, 6.45) is -0.482. The second-order valence-corrected chi connectivity index (χ2v) is 4.23. The number of methoxy groups -OCH3 is 1. The third kappa shape index (κ3) is 8.35. The van der Waals surface area contributed by atoms with E-state index in [2.05, 4.69) is 5.32 Å². The van der Waals surface area contributed by atoms with E-state index in [1.165, 1.54) is 0 Å². The fourth-order valence-corrected chi connectivity index (χ4v) is 0.835. The number of ether oxygens (including phenoxy) is 2.